The van der Waals surface area contributed by atoms with Gasteiger partial charge < -0.3 is 10.1 Å². The molecule has 2 aliphatic rings. The molecule has 0 radical (unpaired) electrons. The largest absolute Gasteiger partial charge is 0.493 e. The smallest absolute Gasteiger partial charge is 0.119 e. The number of nitrogens with one attached hydrogen (secondary N) is 1. The van der Waals surface area contributed by atoms with Crippen molar-refractivity contribution in [2.24, 2.45) is 5.41 Å². The third kappa shape index (κ3) is 2.32. The van der Waals surface area contributed by atoms with Gasteiger partial charge in [-0.25, -0.2) is 0 Å². The molecule has 0 spiro atoms. The van der Waals surface area contributed by atoms with Gasteiger partial charge in [-0.1, -0.05) is 19.4 Å². The van der Waals surface area contributed by atoms with Crippen LogP contribution < -0.4 is 10.1 Å². The zero-order valence-corrected chi connectivity index (χ0v) is 10.6. The first-order valence-electron chi connectivity index (χ1n) is 6.71. The summed E-state index contributed by atoms with van der Waals surface area (Å²) in [5.74, 6) is 1.04. The van der Waals surface area contributed by atoms with Gasteiger partial charge in [-0.05, 0) is 49.1 Å². The first-order chi connectivity index (χ1) is 8.25. The minimum atomic E-state index is 0.439. The first kappa shape index (κ1) is 11.1. The summed E-state index contributed by atoms with van der Waals surface area (Å²) in [4.78, 5) is 0. The summed E-state index contributed by atoms with van der Waals surface area (Å²) in [7, 11) is 0. The number of fused-ring (bicyclic) bond motifs is 1. The quantitative estimate of drug-likeness (QED) is 0.863. The lowest BCUT2D eigenvalue weighted by Crippen LogP contribution is -2.32. The van der Waals surface area contributed by atoms with Crippen molar-refractivity contribution in [2.45, 2.75) is 39.2 Å². The van der Waals surface area contributed by atoms with E-state index < -0.39 is 0 Å². The van der Waals surface area contributed by atoms with E-state index in [4.69, 9.17) is 4.74 Å². The van der Waals surface area contributed by atoms with Crippen molar-refractivity contribution in [3.05, 3.63) is 29.3 Å². The normalized spacial score (nSPS) is 21.5. The third-order valence-corrected chi connectivity index (χ3v) is 4.21. The fourth-order valence-corrected chi connectivity index (χ4v) is 2.73. The second-order valence-corrected chi connectivity index (χ2v) is 5.81. The summed E-state index contributed by atoms with van der Waals surface area (Å²) < 4.78 is 5.95. The highest BCUT2D eigenvalue weighted by molar-refractivity contribution is 5.37. The Morgan fingerprint density at radius 3 is 2.94 bits per heavy atom. The van der Waals surface area contributed by atoms with Gasteiger partial charge in [0.2, 0.25) is 0 Å². The van der Waals surface area contributed by atoms with Crippen LogP contribution in [0.5, 0.6) is 5.75 Å². The molecule has 1 aliphatic heterocycles. The third-order valence-electron chi connectivity index (χ3n) is 4.21. The Bertz CT molecular complexity index is 409. The molecule has 0 atom stereocenters. The molecular weight excluding hydrogens is 210 g/mol. The summed E-state index contributed by atoms with van der Waals surface area (Å²) in [6.07, 6.45) is 5.15. The maximum absolute atomic E-state index is 5.95. The second kappa shape index (κ2) is 4.34. The van der Waals surface area contributed by atoms with E-state index in [2.05, 4.69) is 30.4 Å². The molecule has 1 fully saturated rings. The van der Waals surface area contributed by atoms with E-state index in [1.54, 1.807) is 0 Å². The van der Waals surface area contributed by atoms with Crippen LogP contribution in [0, 0.1) is 5.41 Å². The molecule has 0 bridgehead atoms. The van der Waals surface area contributed by atoms with Gasteiger partial charge in [-0.3, -0.25) is 0 Å². The topological polar surface area (TPSA) is 21.3 Å². The van der Waals surface area contributed by atoms with Crippen LogP contribution in [-0.4, -0.2) is 13.2 Å². The molecule has 3 rings (SSSR count). The molecule has 1 aliphatic carbocycles. The summed E-state index contributed by atoms with van der Waals surface area (Å²) >= 11 is 0. The summed E-state index contributed by atoms with van der Waals surface area (Å²) in [6, 6.07) is 6.57. The van der Waals surface area contributed by atoms with Crippen molar-refractivity contribution in [3.63, 3.8) is 0 Å². The molecule has 0 aromatic heterocycles. The van der Waals surface area contributed by atoms with Crippen LogP contribution in [0.4, 0.5) is 0 Å². The molecule has 92 valence electrons. The van der Waals surface area contributed by atoms with E-state index in [-0.39, 0.29) is 0 Å². The van der Waals surface area contributed by atoms with E-state index in [9.17, 15) is 0 Å². The Morgan fingerprint density at radius 2 is 2.18 bits per heavy atom. The number of hydrogen-bond acceptors (Lipinski definition) is 2. The van der Waals surface area contributed by atoms with Crippen LogP contribution in [0.25, 0.3) is 0 Å². The summed E-state index contributed by atoms with van der Waals surface area (Å²) in [5.41, 5.74) is 3.33. The van der Waals surface area contributed by atoms with Crippen LogP contribution in [0.2, 0.25) is 0 Å². The van der Waals surface area contributed by atoms with Gasteiger partial charge in [0.05, 0.1) is 6.61 Å². The highest BCUT2D eigenvalue weighted by Gasteiger charge is 2.32. The number of benzene rings is 1. The molecular formula is C15H21NO. The number of ether oxygens (including phenoxy) is 1. The van der Waals surface area contributed by atoms with E-state index in [1.807, 2.05) is 0 Å². The molecule has 17 heavy (non-hydrogen) atoms. The lowest BCUT2D eigenvalue weighted by atomic mass is 9.71. The molecule has 0 unspecified atom stereocenters. The molecule has 2 heteroatoms. The van der Waals surface area contributed by atoms with Crippen LogP contribution >= 0.6 is 0 Å². The molecule has 1 N–H and O–H groups in total. The fourth-order valence-electron chi connectivity index (χ4n) is 2.73. The van der Waals surface area contributed by atoms with Crippen LogP contribution in [0.1, 0.15) is 37.3 Å². The van der Waals surface area contributed by atoms with Crippen molar-refractivity contribution < 1.29 is 4.74 Å². The number of rotatable bonds is 3. The van der Waals surface area contributed by atoms with Crippen molar-refractivity contribution >= 4 is 0 Å². The molecule has 1 aromatic rings. The highest BCUT2D eigenvalue weighted by atomic mass is 16.5. The van der Waals surface area contributed by atoms with Crippen molar-refractivity contribution in [2.75, 3.05) is 13.2 Å². The maximum atomic E-state index is 5.95. The van der Waals surface area contributed by atoms with Gasteiger partial charge in [0.25, 0.3) is 0 Å². The molecule has 0 saturated heterocycles. The monoisotopic (exact) mass is 231 g/mol. The second-order valence-electron chi connectivity index (χ2n) is 5.81. The average Bonchev–Trinajstić information content (AvgIpc) is 2.34. The SMILES string of the molecule is CC1(COc2ccc3c(c2)CNCC3)CCC1. The van der Waals surface area contributed by atoms with E-state index in [1.165, 1.54) is 30.4 Å². The summed E-state index contributed by atoms with van der Waals surface area (Å²) in [6.45, 7) is 5.30. The van der Waals surface area contributed by atoms with Gasteiger partial charge in [0.15, 0.2) is 0 Å². The Hall–Kier alpha value is -1.02. The van der Waals surface area contributed by atoms with Gasteiger partial charge >= 0.3 is 0 Å². The van der Waals surface area contributed by atoms with Crippen LogP contribution in [0.15, 0.2) is 18.2 Å². The molecule has 2 nitrogen and oxygen atoms in total. The Morgan fingerprint density at radius 1 is 1.29 bits per heavy atom. The molecule has 0 amide bonds. The standard InChI is InChI=1S/C15H21NO/c1-15(6-2-7-15)11-17-14-4-3-12-5-8-16-10-13(12)9-14/h3-4,9,16H,2,5-8,10-11H2,1H3. The van der Waals surface area contributed by atoms with Crippen LogP contribution in [-0.2, 0) is 13.0 Å². The molecule has 1 saturated carbocycles. The van der Waals surface area contributed by atoms with E-state index in [0.29, 0.717) is 5.41 Å². The maximum Gasteiger partial charge on any atom is 0.119 e. The van der Waals surface area contributed by atoms with E-state index >= 15 is 0 Å². The minimum Gasteiger partial charge on any atom is -0.493 e. The van der Waals surface area contributed by atoms with E-state index in [0.717, 1.165) is 31.9 Å². The van der Waals surface area contributed by atoms with Crippen molar-refractivity contribution in [1.29, 1.82) is 0 Å². The predicted octanol–water partition coefficient (Wildman–Crippen LogP) is 2.90. The zero-order valence-electron chi connectivity index (χ0n) is 10.6. The highest BCUT2D eigenvalue weighted by Crippen LogP contribution is 2.40. The van der Waals surface area contributed by atoms with Crippen molar-refractivity contribution in [3.8, 4) is 5.75 Å². The lowest BCUT2D eigenvalue weighted by Gasteiger charge is -2.37. The van der Waals surface area contributed by atoms with Crippen molar-refractivity contribution in [1.82, 2.24) is 5.32 Å². The van der Waals surface area contributed by atoms with Gasteiger partial charge in [0, 0.05) is 12.0 Å². The average molecular weight is 231 g/mol. The summed E-state index contributed by atoms with van der Waals surface area (Å²) in [5, 5.41) is 3.41. The molecule has 1 heterocycles. The Balaban J connectivity index is 1.67. The molecule has 1 aromatic carbocycles. The van der Waals surface area contributed by atoms with Gasteiger partial charge in [0.1, 0.15) is 5.75 Å². The fraction of sp³-hybridized carbons (Fsp3) is 0.600. The zero-order chi connectivity index (χ0) is 11.7. The van der Waals surface area contributed by atoms with Gasteiger partial charge in [-0.15, -0.1) is 0 Å². The Kier molecular flexibility index (Phi) is 2.83. The lowest BCUT2D eigenvalue weighted by molar-refractivity contribution is 0.0775. The van der Waals surface area contributed by atoms with Gasteiger partial charge in [-0.2, -0.15) is 0 Å². The first-order valence-corrected chi connectivity index (χ1v) is 6.71. The predicted molar refractivity (Wildman–Crippen MR) is 69.3 cm³/mol. The minimum absolute atomic E-state index is 0.439. The number of hydrogen-bond donors (Lipinski definition) is 1. The van der Waals surface area contributed by atoms with Crippen LogP contribution in [0.3, 0.4) is 0 Å². The Labute approximate surface area is 103 Å².